The molecule has 23 heavy (non-hydrogen) atoms. The number of thiophene rings is 2. The van der Waals surface area contributed by atoms with Gasteiger partial charge in [-0.2, -0.15) is 0 Å². The van der Waals surface area contributed by atoms with E-state index in [0.29, 0.717) is 4.88 Å². The third-order valence-corrected chi connectivity index (χ3v) is 6.49. The zero-order chi connectivity index (χ0) is 16.8. The molecule has 124 valence electrons. The molecule has 0 aromatic carbocycles. The molecule has 0 radical (unpaired) electrons. The van der Waals surface area contributed by atoms with Crippen molar-refractivity contribution in [3.63, 3.8) is 0 Å². The molecule has 0 saturated heterocycles. The highest BCUT2D eigenvalue weighted by Gasteiger charge is 2.22. The summed E-state index contributed by atoms with van der Waals surface area (Å²) < 4.78 is 11.5. The lowest BCUT2D eigenvalue weighted by molar-refractivity contribution is -0.128. The van der Waals surface area contributed by atoms with Crippen LogP contribution in [0.1, 0.15) is 16.1 Å². The fourth-order valence-electron chi connectivity index (χ4n) is 1.93. The van der Waals surface area contributed by atoms with Gasteiger partial charge in [0.15, 0.2) is 0 Å². The van der Waals surface area contributed by atoms with Crippen molar-refractivity contribution in [1.82, 2.24) is 10.8 Å². The Bertz CT molecular complexity index is 697. The van der Waals surface area contributed by atoms with Crippen LogP contribution in [0.15, 0.2) is 29.6 Å². The quantitative estimate of drug-likeness (QED) is 0.510. The van der Waals surface area contributed by atoms with Crippen molar-refractivity contribution in [1.29, 1.82) is 0 Å². The molecule has 2 heterocycles. The van der Waals surface area contributed by atoms with E-state index in [1.165, 1.54) is 23.1 Å². The lowest BCUT2D eigenvalue weighted by Crippen LogP contribution is -2.38. The van der Waals surface area contributed by atoms with Crippen LogP contribution < -0.4 is 10.8 Å². The lowest BCUT2D eigenvalue weighted by Gasteiger charge is -2.12. The van der Waals surface area contributed by atoms with Gasteiger partial charge in [0.25, 0.3) is 11.8 Å². The van der Waals surface area contributed by atoms with Gasteiger partial charge in [-0.3, -0.25) is 19.0 Å². The summed E-state index contributed by atoms with van der Waals surface area (Å²) in [7, 11) is -1.43. The van der Waals surface area contributed by atoms with Crippen LogP contribution in [0.2, 0.25) is 0 Å². The molecular formula is C14H16N2O4S3. The molecular weight excluding hydrogens is 356 g/mol. The summed E-state index contributed by atoms with van der Waals surface area (Å²) >= 11 is 3.00. The zero-order valence-electron chi connectivity index (χ0n) is 12.3. The molecule has 0 aliphatic carbocycles. The van der Waals surface area contributed by atoms with E-state index in [0.717, 1.165) is 9.75 Å². The first kappa shape index (κ1) is 17.8. The summed E-state index contributed by atoms with van der Waals surface area (Å²) in [5.41, 5.74) is 1.49. The van der Waals surface area contributed by atoms with Crippen LogP contribution in [-0.4, -0.2) is 39.3 Å². The molecule has 2 unspecified atom stereocenters. The molecule has 0 bridgehead atoms. The van der Waals surface area contributed by atoms with Crippen molar-refractivity contribution in [2.75, 3.05) is 12.8 Å². The van der Waals surface area contributed by atoms with Crippen LogP contribution in [0, 0.1) is 0 Å². The van der Waals surface area contributed by atoms with Crippen molar-refractivity contribution < 1.29 is 19.0 Å². The van der Waals surface area contributed by atoms with Gasteiger partial charge in [-0.05, 0) is 30.0 Å². The normalized spacial score (nSPS) is 13.3. The number of hydroxylamine groups is 1. The fourth-order valence-corrected chi connectivity index (χ4v) is 4.50. The van der Waals surface area contributed by atoms with Gasteiger partial charge in [-0.1, -0.05) is 6.07 Å². The number of carbonyl (C=O) groups excluding carboxylic acids is 2. The molecule has 2 rings (SSSR count). The molecule has 2 atom stereocenters. The highest BCUT2D eigenvalue weighted by Crippen LogP contribution is 2.31. The molecule has 0 aliphatic rings. The van der Waals surface area contributed by atoms with Gasteiger partial charge >= 0.3 is 0 Å². The summed E-state index contributed by atoms with van der Waals surface area (Å²) in [6.07, 6.45) is 1.57. The Morgan fingerprint density at radius 3 is 2.70 bits per heavy atom. The average molecular weight is 372 g/mol. The topological polar surface area (TPSA) is 95.5 Å². The standard InChI is InChI=1S/C14H16N2O4S3/c1-23(20)12(14(18)16-19)6-7-15-13(17)11-5-4-10(22-11)9-3-2-8-21-9/h2-5,8,12,19H,6-7H2,1H3,(H,15,17)(H,16,18). The third-order valence-electron chi connectivity index (χ3n) is 3.09. The van der Waals surface area contributed by atoms with Crippen molar-refractivity contribution in [3.05, 3.63) is 34.5 Å². The van der Waals surface area contributed by atoms with Crippen LogP contribution in [0.4, 0.5) is 0 Å². The molecule has 0 saturated carbocycles. The van der Waals surface area contributed by atoms with Gasteiger partial charge in [0.1, 0.15) is 5.25 Å². The summed E-state index contributed by atoms with van der Waals surface area (Å²) in [5.74, 6) is -0.945. The molecule has 0 spiro atoms. The van der Waals surface area contributed by atoms with Crippen molar-refractivity contribution in [2.45, 2.75) is 11.7 Å². The molecule has 3 N–H and O–H groups in total. The minimum absolute atomic E-state index is 0.185. The van der Waals surface area contributed by atoms with Crippen LogP contribution in [-0.2, 0) is 15.6 Å². The van der Waals surface area contributed by atoms with Gasteiger partial charge in [-0.15, -0.1) is 22.7 Å². The second kappa shape index (κ2) is 8.34. The summed E-state index contributed by atoms with van der Waals surface area (Å²) in [6.45, 7) is 0.197. The highest BCUT2D eigenvalue weighted by atomic mass is 32.2. The second-order valence-electron chi connectivity index (χ2n) is 4.65. The fraction of sp³-hybridized carbons (Fsp3) is 0.286. The third kappa shape index (κ3) is 4.71. The van der Waals surface area contributed by atoms with E-state index in [-0.39, 0.29) is 18.9 Å². The average Bonchev–Trinajstić information content (AvgIpc) is 3.20. The van der Waals surface area contributed by atoms with Gasteiger partial charge in [-0.25, -0.2) is 5.48 Å². The second-order valence-corrected chi connectivity index (χ2v) is 8.25. The van der Waals surface area contributed by atoms with Crippen molar-refractivity contribution in [2.24, 2.45) is 0 Å². The monoisotopic (exact) mass is 372 g/mol. The molecule has 2 aromatic rings. The molecule has 0 fully saturated rings. The van der Waals surface area contributed by atoms with Gasteiger partial charge in [0, 0.05) is 33.4 Å². The molecule has 2 amide bonds. The molecule has 6 nitrogen and oxygen atoms in total. The Morgan fingerprint density at radius 2 is 2.09 bits per heavy atom. The summed E-state index contributed by atoms with van der Waals surface area (Å²) in [4.78, 5) is 26.2. The number of hydrogen-bond donors (Lipinski definition) is 3. The Labute approximate surface area is 144 Å². The minimum Gasteiger partial charge on any atom is -0.351 e. The smallest absolute Gasteiger partial charge is 0.261 e. The maximum atomic E-state index is 12.1. The van der Waals surface area contributed by atoms with Gasteiger partial charge in [0.05, 0.1) is 4.88 Å². The summed E-state index contributed by atoms with van der Waals surface area (Å²) in [6, 6.07) is 7.60. The van der Waals surface area contributed by atoms with Gasteiger partial charge in [0.2, 0.25) is 0 Å². The largest absolute Gasteiger partial charge is 0.351 e. The predicted molar refractivity (Wildman–Crippen MR) is 92.4 cm³/mol. The number of rotatable bonds is 7. The van der Waals surface area contributed by atoms with E-state index >= 15 is 0 Å². The number of hydrogen-bond acceptors (Lipinski definition) is 6. The van der Waals surface area contributed by atoms with E-state index in [1.807, 2.05) is 23.6 Å². The minimum atomic E-state index is -1.43. The Morgan fingerprint density at radius 1 is 1.30 bits per heavy atom. The first-order chi connectivity index (χ1) is 11.0. The van der Waals surface area contributed by atoms with E-state index in [1.54, 1.807) is 17.4 Å². The maximum Gasteiger partial charge on any atom is 0.261 e. The molecule has 0 aliphatic heterocycles. The first-order valence-corrected chi connectivity index (χ1v) is 10.0. The number of amides is 2. The molecule has 9 heteroatoms. The van der Waals surface area contributed by atoms with Crippen LogP contribution >= 0.6 is 22.7 Å². The van der Waals surface area contributed by atoms with E-state index in [9.17, 15) is 13.8 Å². The number of carbonyl (C=O) groups is 2. The van der Waals surface area contributed by atoms with E-state index in [4.69, 9.17) is 5.21 Å². The highest BCUT2D eigenvalue weighted by molar-refractivity contribution is 7.85. The van der Waals surface area contributed by atoms with E-state index < -0.39 is 22.0 Å². The molecule has 2 aromatic heterocycles. The predicted octanol–water partition coefficient (Wildman–Crippen LogP) is 1.85. The van der Waals surface area contributed by atoms with Gasteiger partial charge < -0.3 is 5.32 Å². The van der Waals surface area contributed by atoms with E-state index in [2.05, 4.69) is 5.32 Å². The Kier molecular flexibility index (Phi) is 6.46. The van der Waals surface area contributed by atoms with Crippen LogP contribution in [0.5, 0.6) is 0 Å². The Hall–Kier alpha value is -1.55. The van der Waals surface area contributed by atoms with Crippen LogP contribution in [0.25, 0.3) is 9.75 Å². The number of nitrogens with one attached hydrogen (secondary N) is 2. The van der Waals surface area contributed by atoms with Crippen molar-refractivity contribution in [3.8, 4) is 9.75 Å². The van der Waals surface area contributed by atoms with Crippen molar-refractivity contribution >= 4 is 45.3 Å². The van der Waals surface area contributed by atoms with Crippen LogP contribution in [0.3, 0.4) is 0 Å². The Balaban J connectivity index is 1.90. The first-order valence-electron chi connectivity index (χ1n) is 6.71. The lowest BCUT2D eigenvalue weighted by atomic mass is 10.3. The SMILES string of the molecule is CS(=O)C(CCNC(=O)c1ccc(-c2cccs2)s1)C(=O)NO. The zero-order valence-corrected chi connectivity index (χ0v) is 14.7. The maximum absolute atomic E-state index is 12.1. The summed E-state index contributed by atoms with van der Waals surface area (Å²) in [5, 5.41) is 12.4.